The molecule has 3 aromatic rings. The summed E-state index contributed by atoms with van der Waals surface area (Å²) in [7, 11) is 1.33. The Kier molecular flexibility index (Phi) is 11.6. The third-order valence-corrected chi connectivity index (χ3v) is 6.16. The Balaban J connectivity index is 1.93. The molecule has 0 amide bonds. The number of carbonyl (C=O) groups is 2. The molecule has 0 heterocycles. The van der Waals surface area contributed by atoms with Crippen LogP contribution in [0.25, 0.3) is 11.1 Å². The summed E-state index contributed by atoms with van der Waals surface area (Å²) < 4.78 is 23.2. The van der Waals surface area contributed by atoms with Crippen LogP contribution in [0, 0.1) is 0 Å². The van der Waals surface area contributed by atoms with E-state index in [1.807, 2.05) is 82.3 Å². The van der Waals surface area contributed by atoms with Crippen LogP contribution in [-0.4, -0.2) is 37.4 Å². The number of ether oxygens (including phenoxy) is 4. The Morgan fingerprint density at radius 3 is 2.12 bits per heavy atom. The second-order valence-electron chi connectivity index (χ2n) is 10.0. The lowest BCUT2D eigenvalue weighted by molar-refractivity contribution is -0.136. The Morgan fingerprint density at radius 1 is 0.780 bits per heavy atom. The molecule has 3 aromatic carbocycles. The number of methoxy groups -OCH3 is 1. The van der Waals surface area contributed by atoms with Crippen LogP contribution < -0.4 is 14.2 Å². The van der Waals surface area contributed by atoms with Crippen molar-refractivity contribution in [2.24, 2.45) is 0 Å². The van der Waals surface area contributed by atoms with E-state index >= 15 is 0 Å². The molecular formula is C34H38O7. The van der Waals surface area contributed by atoms with E-state index in [-0.39, 0.29) is 13.0 Å². The Bertz CT molecular complexity index is 1410. The predicted molar refractivity (Wildman–Crippen MR) is 160 cm³/mol. The Labute approximate surface area is 242 Å². The molecule has 7 nitrogen and oxygen atoms in total. The van der Waals surface area contributed by atoms with Gasteiger partial charge in [-0.2, -0.15) is 0 Å². The van der Waals surface area contributed by atoms with Gasteiger partial charge in [0.05, 0.1) is 12.7 Å². The van der Waals surface area contributed by atoms with Crippen molar-refractivity contribution in [1.29, 1.82) is 0 Å². The third-order valence-electron chi connectivity index (χ3n) is 6.16. The maximum atomic E-state index is 12.2. The van der Waals surface area contributed by atoms with E-state index in [1.165, 1.54) is 12.7 Å². The van der Waals surface area contributed by atoms with Gasteiger partial charge in [-0.15, -0.1) is 0 Å². The summed E-state index contributed by atoms with van der Waals surface area (Å²) in [6.45, 7) is 9.16. The summed E-state index contributed by atoms with van der Waals surface area (Å²) in [6.07, 6.45) is 4.28. The molecule has 0 spiro atoms. The lowest BCUT2D eigenvalue weighted by Gasteiger charge is -2.17. The zero-order valence-corrected chi connectivity index (χ0v) is 24.4. The van der Waals surface area contributed by atoms with Crippen LogP contribution in [0.5, 0.6) is 17.2 Å². The second kappa shape index (κ2) is 15.3. The molecule has 0 saturated heterocycles. The number of carbonyl (C=O) groups excluding carboxylic acids is 1. The lowest BCUT2D eigenvalue weighted by atomic mass is 9.94. The zero-order valence-electron chi connectivity index (χ0n) is 24.4. The summed E-state index contributed by atoms with van der Waals surface area (Å²) in [6, 6.07) is 18.3. The van der Waals surface area contributed by atoms with E-state index in [0.29, 0.717) is 42.4 Å². The summed E-state index contributed by atoms with van der Waals surface area (Å²) in [5.74, 6) is 0.491. The number of benzene rings is 3. The molecule has 41 heavy (non-hydrogen) atoms. The van der Waals surface area contributed by atoms with Crippen LogP contribution in [0.3, 0.4) is 0 Å². The van der Waals surface area contributed by atoms with Crippen LogP contribution in [0.1, 0.15) is 55.6 Å². The quantitative estimate of drug-likeness (QED) is 0.163. The van der Waals surface area contributed by atoms with E-state index in [0.717, 1.165) is 27.8 Å². The van der Waals surface area contributed by atoms with Crippen LogP contribution in [0.4, 0.5) is 0 Å². The molecule has 0 saturated carbocycles. The van der Waals surface area contributed by atoms with Gasteiger partial charge in [-0.1, -0.05) is 41.5 Å². The molecule has 7 heteroatoms. The topological polar surface area (TPSA) is 91.3 Å². The van der Waals surface area contributed by atoms with Crippen molar-refractivity contribution in [2.75, 3.05) is 20.3 Å². The van der Waals surface area contributed by atoms with Gasteiger partial charge < -0.3 is 24.1 Å². The molecule has 0 aromatic heterocycles. The molecule has 0 radical (unpaired) electrons. The monoisotopic (exact) mass is 558 g/mol. The molecule has 216 valence electrons. The maximum absolute atomic E-state index is 12.2. The minimum atomic E-state index is -0.891. The number of hydrogen-bond acceptors (Lipinski definition) is 6. The number of hydrogen-bond donors (Lipinski definition) is 1. The lowest BCUT2D eigenvalue weighted by Crippen LogP contribution is -2.05. The second-order valence-corrected chi connectivity index (χ2v) is 10.0. The molecule has 0 atom stereocenters. The molecule has 0 bridgehead atoms. The van der Waals surface area contributed by atoms with E-state index in [4.69, 9.17) is 18.9 Å². The third kappa shape index (κ3) is 9.57. The van der Waals surface area contributed by atoms with Crippen molar-refractivity contribution >= 4 is 11.9 Å². The van der Waals surface area contributed by atoms with E-state index in [1.54, 1.807) is 18.2 Å². The smallest absolute Gasteiger partial charge is 0.337 e. The first-order chi connectivity index (χ1) is 19.7. The first-order valence-corrected chi connectivity index (χ1v) is 13.5. The molecule has 0 aliphatic heterocycles. The summed E-state index contributed by atoms with van der Waals surface area (Å²) in [4.78, 5) is 23.6. The van der Waals surface area contributed by atoms with Gasteiger partial charge in [-0.3, -0.25) is 4.79 Å². The highest BCUT2D eigenvalue weighted by molar-refractivity contribution is 5.91. The minimum Gasteiger partial charge on any atom is -0.488 e. The number of aliphatic carboxylic acids is 1. The fourth-order valence-electron chi connectivity index (χ4n) is 4.03. The van der Waals surface area contributed by atoms with E-state index in [2.05, 4.69) is 0 Å². The van der Waals surface area contributed by atoms with Gasteiger partial charge in [0, 0.05) is 12.0 Å². The molecule has 1 N–H and O–H groups in total. The number of aryl methyl sites for hydroxylation is 1. The summed E-state index contributed by atoms with van der Waals surface area (Å²) >= 11 is 0. The molecule has 0 unspecified atom stereocenters. The van der Waals surface area contributed by atoms with Gasteiger partial charge in [-0.05, 0) is 93.3 Å². The number of rotatable bonds is 14. The number of carboxylic acid groups (broad SMARTS) is 1. The average Bonchev–Trinajstić information content (AvgIpc) is 2.95. The number of esters is 1. The first kappa shape index (κ1) is 31.0. The maximum Gasteiger partial charge on any atom is 0.337 e. The first-order valence-electron chi connectivity index (χ1n) is 13.5. The fraction of sp³-hybridized carbons (Fsp3) is 0.294. The average molecular weight is 559 g/mol. The highest BCUT2D eigenvalue weighted by Gasteiger charge is 2.16. The van der Waals surface area contributed by atoms with Crippen molar-refractivity contribution < 1.29 is 33.6 Å². The summed E-state index contributed by atoms with van der Waals surface area (Å²) in [5.41, 5.74) is 5.87. The molecular weight excluding hydrogens is 520 g/mol. The van der Waals surface area contributed by atoms with Gasteiger partial charge in [0.25, 0.3) is 0 Å². The van der Waals surface area contributed by atoms with Gasteiger partial charge in [0.15, 0.2) is 11.5 Å². The summed E-state index contributed by atoms with van der Waals surface area (Å²) in [5, 5.41) is 9.31. The van der Waals surface area contributed by atoms with Crippen LogP contribution >= 0.6 is 0 Å². The zero-order chi connectivity index (χ0) is 29.8. The van der Waals surface area contributed by atoms with Crippen LogP contribution in [-0.2, 0) is 22.6 Å². The Morgan fingerprint density at radius 2 is 1.46 bits per heavy atom. The van der Waals surface area contributed by atoms with Crippen molar-refractivity contribution in [1.82, 2.24) is 0 Å². The van der Waals surface area contributed by atoms with Gasteiger partial charge >= 0.3 is 11.9 Å². The van der Waals surface area contributed by atoms with Gasteiger partial charge in [0.1, 0.15) is 25.6 Å². The predicted octanol–water partition coefficient (Wildman–Crippen LogP) is 7.43. The van der Waals surface area contributed by atoms with E-state index in [9.17, 15) is 14.7 Å². The number of allylic oxidation sites excluding steroid dienone is 2. The Hall–Kier alpha value is -4.52. The van der Waals surface area contributed by atoms with Gasteiger partial charge in [-0.25, -0.2) is 4.79 Å². The normalized spacial score (nSPS) is 10.4. The van der Waals surface area contributed by atoms with Crippen molar-refractivity contribution in [3.63, 3.8) is 0 Å². The van der Waals surface area contributed by atoms with Crippen molar-refractivity contribution in [3.05, 3.63) is 101 Å². The fourth-order valence-corrected chi connectivity index (χ4v) is 4.03. The standard InChI is InChI=1S/C34H38O7/c1-23(2)16-18-39-29-14-12-25(20-31(29)40-19-17-24(3)4)22-41-30-11-7-8-26(13-15-32(35)36)33(30)27-9-6-10-28(21-27)34(37)38-5/h6-12,14,16-17,20-21H,13,15,18-19,22H2,1-5H3,(H,35,36). The van der Waals surface area contributed by atoms with E-state index < -0.39 is 11.9 Å². The van der Waals surface area contributed by atoms with Crippen LogP contribution in [0.2, 0.25) is 0 Å². The minimum absolute atomic E-state index is 0.0340. The van der Waals surface area contributed by atoms with Crippen molar-refractivity contribution in [3.8, 4) is 28.4 Å². The number of carboxylic acids is 1. The largest absolute Gasteiger partial charge is 0.488 e. The molecule has 3 rings (SSSR count). The van der Waals surface area contributed by atoms with Crippen LogP contribution in [0.15, 0.2) is 84.0 Å². The highest BCUT2D eigenvalue weighted by atomic mass is 16.5. The molecule has 0 aliphatic rings. The molecule has 0 aliphatic carbocycles. The van der Waals surface area contributed by atoms with Gasteiger partial charge in [0.2, 0.25) is 0 Å². The SMILES string of the molecule is COC(=O)c1cccc(-c2c(CCC(=O)O)cccc2OCc2ccc(OCC=C(C)C)c(OCC=C(C)C)c2)c1. The molecule has 0 fully saturated rings. The van der Waals surface area contributed by atoms with Crippen molar-refractivity contribution in [2.45, 2.75) is 47.1 Å². The highest BCUT2D eigenvalue weighted by Crippen LogP contribution is 2.36.